The zero-order valence-electron chi connectivity index (χ0n) is 16.1. The average Bonchev–Trinajstić information content (AvgIpc) is 3.33. The van der Waals surface area contributed by atoms with Gasteiger partial charge >= 0.3 is 6.03 Å². The van der Waals surface area contributed by atoms with Crippen molar-refractivity contribution in [2.45, 2.75) is 12.5 Å². The summed E-state index contributed by atoms with van der Waals surface area (Å²) in [7, 11) is 3.09. The van der Waals surface area contributed by atoms with Crippen LogP contribution in [-0.4, -0.2) is 45.5 Å². The van der Waals surface area contributed by atoms with E-state index in [4.69, 9.17) is 18.9 Å². The molecule has 0 unspecified atom stereocenters. The predicted octanol–water partition coefficient (Wildman–Crippen LogP) is 2.36. The number of rotatable bonds is 5. The maximum absolute atomic E-state index is 12.5. The maximum atomic E-state index is 12.5. The van der Waals surface area contributed by atoms with Gasteiger partial charge in [-0.15, -0.1) is 0 Å². The third-order valence-corrected chi connectivity index (χ3v) is 4.77. The van der Waals surface area contributed by atoms with Gasteiger partial charge in [0, 0.05) is 36.5 Å². The van der Waals surface area contributed by atoms with E-state index in [1.807, 2.05) is 0 Å². The standard InChI is InChI=1S/C20H21N3O6/c1-26-15-6-4-14(9-17(15)27-2)23-10-13(8-19(23)24)22-20(25)21-12-3-5-16-18(7-12)29-11-28-16/h3-7,9,13H,8,10-11H2,1-2H3,(H2,21,22,25)/t13-/m0/s1. The van der Waals surface area contributed by atoms with Crippen molar-refractivity contribution < 1.29 is 28.5 Å². The molecule has 2 aliphatic rings. The first-order valence-corrected chi connectivity index (χ1v) is 9.07. The minimum atomic E-state index is -0.393. The van der Waals surface area contributed by atoms with Crippen LogP contribution >= 0.6 is 0 Å². The summed E-state index contributed by atoms with van der Waals surface area (Å²) in [6.45, 7) is 0.532. The number of nitrogens with one attached hydrogen (secondary N) is 2. The molecule has 2 aromatic rings. The molecule has 9 nitrogen and oxygen atoms in total. The summed E-state index contributed by atoms with van der Waals surface area (Å²) < 4.78 is 21.1. The van der Waals surface area contributed by atoms with Gasteiger partial charge in [0.05, 0.1) is 20.3 Å². The number of carbonyl (C=O) groups excluding carboxylic acids is 2. The van der Waals surface area contributed by atoms with Gasteiger partial charge in [0.25, 0.3) is 0 Å². The van der Waals surface area contributed by atoms with Crippen LogP contribution < -0.4 is 34.5 Å². The lowest BCUT2D eigenvalue weighted by molar-refractivity contribution is -0.117. The predicted molar refractivity (Wildman–Crippen MR) is 105 cm³/mol. The van der Waals surface area contributed by atoms with Crippen molar-refractivity contribution >= 4 is 23.3 Å². The molecular weight excluding hydrogens is 378 g/mol. The highest BCUT2D eigenvalue weighted by molar-refractivity contribution is 5.98. The van der Waals surface area contributed by atoms with Crippen LogP contribution in [0.4, 0.5) is 16.2 Å². The minimum absolute atomic E-state index is 0.0781. The second kappa shape index (κ2) is 7.78. The van der Waals surface area contributed by atoms with Gasteiger partial charge in [0.2, 0.25) is 12.7 Å². The molecule has 2 heterocycles. The Morgan fingerprint density at radius 3 is 2.66 bits per heavy atom. The lowest BCUT2D eigenvalue weighted by Crippen LogP contribution is -2.39. The zero-order valence-corrected chi connectivity index (χ0v) is 16.1. The minimum Gasteiger partial charge on any atom is -0.493 e. The van der Waals surface area contributed by atoms with Gasteiger partial charge in [-0.2, -0.15) is 0 Å². The molecule has 0 radical (unpaired) electrons. The highest BCUT2D eigenvalue weighted by Gasteiger charge is 2.32. The molecule has 1 atom stereocenters. The fourth-order valence-electron chi connectivity index (χ4n) is 3.37. The second-order valence-electron chi connectivity index (χ2n) is 6.61. The summed E-state index contributed by atoms with van der Waals surface area (Å²) in [6.07, 6.45) is 0.211. The van der Waals surface area contributed by atoms with Crippen LogP contribution in [0.15, 0.2) is 36.4 Å². The number of hydrogen-bond donors (Lipinski definition) is 2. The summed E-state index contributed by atoms with van der Waals surface area (Å²) in [5.41, 5.74) is 1.26. The Morgan fingerprint density at radius 1 is 1.07 bits per heavy atom. The van der Waals surface area contributed by atoms with Gasteiger partial charge in [-0.05, 0) is 24.3 Å². The van der Waals surface area contributed by atoms with Crippen LogP contribution in [-0.2, 0) is 4.79 Å². The van der Waals surface area contributed by atoms with Gasteiger partial charge in [-0.25, -0.2) is 4.79 Å². The Balaban J connectivity index is 1.38. The highest BCUT2D eigenvalue weighted by Crippen LogP contribution is 2.35. The molecule has 2 aliphatic heterocycles. The average molecular weight is 399 g/mol. The molecule has 0 spiro atoms. The van der Waals surface area contributed by atoms with E-state index in [1.54, 1.807) is 48.4 Å². The molecule has 1 saturated heterocycles. The summed E-state index contributed by atoms with van der Waals surface area (Å²) in [5, 5.41) is 5.59. The molecule has 1 fully saturated rings. The molecule has 0 aromatic heterocycles. The normalized spacial score (nSPS) is 17.2. The molecule has 4 rings (SSSR count). The van der Waals surface area contributed by atoms with E-state index in [0.717, 1.165) is 0 Å². The fourth-order valence-corrected chi connectivity index (χ4v) is 3.37. The fraction of sp³-hybridized carbons (Fsp3) is 0.300. The summed E-state index contributed by atoms with van der Waals surface area (Å²) in [6, 6.07) is 9.71. The topological polar surface area (TPSA) is 98.4 Å². The van der Waals surface area contributed by atoms with E-state index in [2.05, 4.69) is 10.6 Å². The Morgan fingerprint density at radius 2 is 1.86 bits per heavy atom. The molecular formula is C20H21N3O6. The van der Waals surface area contributed by atoms with Crippen LogP contribution in [0.5, 0.6) is 23.0 Å². The van der Waals surface area contributed by atoms with E-state index in [1.165, 1.54) is 7.11 Å². The highest BCUT2D eigenvalue weighted by atomic mass is 16.7. The maximum Gasteiger partial charge on any atom is 0.319 e. The zero-order chi connectivity index (χ0) is 20.4. The number of carbonyl (C=O) groups is 2. The van der Waals surface area contributed by atoms with Crippen molar-refractivity contribution in [1.82, 2.24) is 5.32 Å². The Labute approximate surface area is 167 Å². The van der Waals surface area contributed by atoms with Crippen LogP contribution in [0.1, 0.15) is 6.42 Å². The smallest absolute Gasteiger partial charge is 0.319 e. The van der Waals surface area contributed by atoms with Crippen LogP contribution in [0.25, 0.3) is 0 Å². The third-order valence-electron chi connectivity index (χ3n) is 4.77. The second-order valence-corrected chi connectivity index (χ2v) is 6.61. The van der Waals surface area contributed by atoms with Crippen molar-refractivity contribution in [3.63, 3.8) is 0 Å². The van der Waals surface area contributed by atoms with Crippen molar-refractivity contribution in [3.05, 3.63) is 36.4 Å². The van der Waals surface area contributed by atoms with Crippen LogP contribution in [0.2, 0.25) is 0 Å². The molecule has 3 amide bonds. The number of fused-ring (bicyclic) bond motifs is 1. The van der Waals surface area contributed by atoms with Gasteiger partial charge in [0.15, 0.2) is 23.0 Å². The van der Waals surface area contributed by atoms with Crippen molar-refractivity contribution in [3.8, 4) is 23.0 Å². The Kier molecular flexibility index (Phi) is 5.03. The molecule has 9 heteroatoms. The first-order valence-electron chi connectivity index (χ1n) is 9.07. The lowest BCUT2D eigenvalue weighted by Gasteiger charge is -2.19. The van der Waals surface area contributed by atoms with Crippen molar-refractivity contribution in [2.75, 3.05) is 37.8 Å². The molecule has 0 bridgehead atoms. The van der Waals surface area contributed by atoms with Crippen molar-refractivity contribution in [1.29, 1.82) is 0 Å². The number of nitrogens with zero attached hydrogens (tertiary/aromatic N) is 1. The molecule has 0 saturated carbocycles. The molecule has 0 aliphatic carbocycles. The summed E-state index contributed by atoms with van der Waals surface area (Å²) >= 11 is 0. The van der Waals surface area contributed by atoms with E-state index < -0.39 is 6.03 Å². The number of methoxy groups -OCH3 is 2. The van der Waals surface area contributed by atoms with Gasteiger partial charge in [0.1, 0.15) is 0 Å². The van der Waals surface area contributed by atoms with Crippen LogP contribution in [0.3, 0.4) is 0 Å². The number of amides is 3. The van der Waals surface area contributed by atoms with Crippen molar-refractivity contribution in [2.24, 2.45) is 0 Å². The van der Waals surface area contributed by atoms with Gasteiger partial charge in [-0.3, -0.25) is 4.79 Å². The first kappa shape index (κ1) is 18.7. The molecule has 152 valence electrons. The number of anilines is 2. The molecule has 2 aromatic carbocycles. The summed E-state index contributed by atoms with van der Waals surface area (Å²) in [4.78, 5) is 26.4. The lowest BCUT2D eigenvalue weighted by atomic mass is 10.2. The number of urea groups is 1. The Hall–Kier alpha value is -3.62. The Bertz CT molecular complexity index is 948. The SMILES string of the molecule is COc1ccc(N2C[C@@H](NC(=O)Nc3ccc4c(c3)OCO4)CC2=O)cc1OC. The first-order chi connectivity index (χ1) is 14.1. The molecule has 29 heavy (non-hydrogen) atoms. The molecule has 2 N–H and O–H groups in total. The third kappa shape index (κ3) is 3.84. The quantitative estimate of drug-likeness (QED) is 0.801. The largest absolute Gasteiger partial charge is 0.493 e. The number of ether oxygens (including phenoxy) is 4. The summed E-state index contributed by atoms with van der Waals surface area (Å²) in [5.74, 6) is 2.27. The van der Waals surface area contributed by atoms with Crippen LogP contribution in [0, 0.1) is 0 Å². The van der Waals surface area contributed by atoms with Gasteiger partial charge in [-0.1, -0.05) is 0 Å². The number of benzene rings is 2. The van der Waals surface area contributed by atoms with E-state index in [-0.39, 0.29) is 25.2 Å². The van der Waals surface area contributed by atoms with E-state index in [9.17, 15) is 9.59 Å². The van der Waals surface area contributed by atoms with E-state index in [0.29, 0.717) is 40.9 Å². The monoisotopic (exact) mass is 399 g/mol. The van der Waals surface area contributed by atoms with Gasteiger partial charge < -0.3 is 34.5 Å². The van der Waals surface area contributed by atoms with E-state index >= 15 is 0 Å². The number of hydrogen-bond acceptors (Lipinski definition) is 6.